The van der Waals surface area contributed by atoms with E-state index in [9.17, 15) is 27.9 Å². The van der Waals surface area contributed by atoms with Crippen molar-refractivity contribution < 1.29 is 23.1 Å². The van der Waals surface area contributed by atoms with Crippen molar-refractivity contribution in [2.75, 3.05) is 18.4 Å². The lowest BCUT2D eigenvalue weighted by Crippen LogP contribution is -2.43. The number of carboxylic acid groups (broad SMARTS) is 1. The topological polar surface area (TPSA) is 148 Å². The summed E-state index contributed by atoms with van der Waals surface area (Å²) in [6.45, 7) is -0.446. The standard InChI is InChI=1S/C15H17N3O7S/c1-25-8-12(14(20)21)18-13(19)11(7-16-15(18)22)17-26(23,24)9-10-5-3-2-4-6-10/h2-7,12,17H,8-9H2,1H3,(H,16,22)(H,20,21). The number of ether oxygens (including phenoxy) is 1. The van der Waals surface area contributed by atoms with Gasteiger partial charge in [-0.3, -0.25) is 9.52 Å². The Morgan fingerprint density at radius 2 is 1.96 bits per heavy atom. The highest BCUT2D eigenvalue weighted by Gasteiger charge is 2.25. The van der Waals surface area contributed by atoms with Gasteiger partial charge in [0.15, 0.2) is 6.04 Å². The molecule has 11 heteroatoms. The summed E-state index contributed by atoms with van der Waals surface area (Å²) in [7, 11) is -2.75. The van der Waals surface area contributed by atoms with Gasteiger partial charge in [-0.1, -0.05) is 30.3 Å². The smallest absolute Gasteiger partial charge is 0.329 e. The number of nitrogens with zero attached hydrogens (tertiary/aromatic N) is 1. The predicted molar refractivity (Wildman–Crippen MR) is 92.6 cm³/mol. The van der Waals surface area contributed by atoms with E-state index in [1.807, 2.05) is 0 Å². The highest BCUT2D eigenvalue weighted by molar-refractivity contribution is 7.91. The van der Waals surface area contributed by atoms with Gasteiger partial charge in [0.1, 0.15) is 5.69 Å². The van der Waals surface area contributed by atoms with Crippen LogP contribution >= 0.6 is 0 Å². The molecule has 2 aromatic rings. The van der Waals surface area contributed by atoms with Crippen molar-refractivity contribution in [3.63, 3.8) is 0 Å². The first-order valence-corrected chi connectivity index (χ1v) is 9.01. The van der Waals surface area contributed by atoms with E-state index in [0.717, 1.165) is 6.20 Å². The van der Waals surface area contributed by atoms with E-state index >= 15 is 0 Å². The SMILES string of the molecule is COCC(C(=O)O)n1c(=O)[nH]cc(NS(=O)(=O)Cc2ccccc2)c1=O. The number of aromatic nitrogens is 2. The maximum atomic E-state index is 12.4. The molecule has 2 rings (SSSR count). The summed E-state index contributed by atoms with van der Waals surface area (Å²) in [6, 6.07) is 6.66. The second-order valence-electron chi connectivity index (χ2n) is 5.34. The van der Waals surface area contributed by atoms with Crippen LogP contribution in [-0.2, 0) is 25.3 Å². The Hall–Kier alpha value is -2.92. The number of aromatic amines is 1. The number of anilines is 1. The van der Waals surface area contributed by atoms with Crippen molar-refractivity contribution in [2.45, 2.75) is 11.8 Å². The molecular formula is C15H17N3O7S. The van der Waals surface area contributed by atoms with Crippen LogP contribution in [0.15, 0.2) is 46.1 Å². The van der Waals surface area contributed by atoms with E-state index in [0.29, 0.717) is 10.1 Å². The van der Waals surface area contributed by atoms with E-state index < -0.39 is 51.3 Å². The average Bonchev–Trinajstić information content (AvgIpc) is 2.57. The minimum Gasteiger partial charge on any atom is -0.480 e. The summed E-state index contributed by atoms with van der Waals surface area (Å²) in [5.41, 5.74) is -2.06. The van der Waals surface area contributed by atoms with Crippen LogP contribution in [0, 0.1) is 0 Å². The molecule has 1 aromatic heterocycles. The zero-order chi connectivity index (χ0) is 19.3. The van der Waals surface area contributed by atoms with Crippen LogP contribution in [0.3, 0.4) is 0 Å². The van der Waals surface area contributed by atoms with Crippen LogP contribution in [-0.4, -0.2) is 42.8 Å². The lowest BCUT2D eigenvalue weighted by Gasteiger charge is -2.15. The Balaban J connectivity index is 2.39. The second-order valence-corrected chi connectivity index (χ2v) is 7.06. The summed E-state index contributed by atoms with van der Waals surface area (Å²) >= 11 is 0. The van der Waals surface area contributed by atoms with Crippen LogP contribution in [0.4, 0.5) is 5.69 Å². The molecule has 0 amide bonds. The van der Waals surface area contributed by atoms with Gasteiger partial charge in [0.25, 0.3) is 5.56 Å². The molecule has 0 bridgehead atoms. The van der Waals surface area contributed by atoms with E-state index in [1.54, 1.807) is 30.3 Å². The summed E-state index contributed by atoms with van der Waals surface area (Å²) in [6.07, 6.45) is 0.884. The fourth-order valence-electron chi connectivity index (χ4n) is 2.25. The van der Waals surface area contributed by atoms with Gasteiger partial charge in [-0.2, -0.15) is 0 Å². The van der Waals surface area contributed by atoms with Crippen LogP contribution in [0.1, 0.15) is 11.6 Å². The molecule has 140 valence electrons. The number of rotatable bonds is 8. The zero-order valence-electron chi connectivity index (χ0n) is 13.7. The lowest BCUT2D eigenvalue weighted by molar-refractivity contribution is -0.142. The van der Waals surface area contributed by atoms with Crippen molar-refractivity contribution in [1.29, 1.82) is 0 Å². The molecule has 0 fully saturated rings. The number of methoxy groups -OCH3 is 1. The van der Waals surface area contributed by atoms with E-state index in [1.165, 1.54) is 7.11 Å². The molecule has 0 radical (unpaired) electrons. The zero-order valence-corrected chi connectivity index (χ0v) is 14.5. The number of sulfonamides is 1. The summed E-state index contributed by atoms with van der Waals surface area (Å²) < 4.78 is 31.7. The molecule has 0 saturated carbocycles. The Kier molecular flexibility index (Phi) is 5.95. The quantitative estimate of drug-likeness (QED) is 0.569. The van der Waals surface area contributed by atoms with Crippen LogP contribution < -0.4 is 16.0 Å². The van der Waals surface area contributed by atoms with Crippen LogP contribution in [0.5, 0.6) is 0 Å². The summed E-state index contributed by atoms with van der Waals surface area (Å²) in [4.78, 5) is 37.8. The van der Waals surface area contributed by atoms with Gasteiger partial charge < -0.3 is 14.8 Å². The van der Waals surface area contributed by atoms with Crippen molar-refractivity contribution in [3.8, 4) is 0 Å². The number of aliphatic carboxylic acids is 1. The Bertz CT molecular complexity index is 996. The largest absolute Gasteiger partial charge is 0.480 e. The van der Waals surface area contributed by atoms with Crippen molar-refractivity contribution in [2.24, 2.45) is 0 Å². The van der Waals surface area contributed by atoms with E-state index in [2.05, 4.69) is 9.71 Å². The highest BCUT2D eigenvalue weighted by Crippen LogP contribution is 2.09. The first-order chi connectivity index (χ1) is 12.2. The molecule has 0 aliphatic carbocycles. The molecular weight excluding hydrogens is 366 g/mol. The Morgan fingerprint density at radius 1 is 1.31 bits per heavy atom. The first-order valence-electron chi connectivity index (χ1n) is 7.35. The molecule has 26 heavy (non-hydrogen) atoms. The van der Waals surface area contributed by atoms with Gasteiger partial charge in [-0.15, -0.1) is 0 Å². The lowest BCUT2D eigenvalue weighted by atomic mass is 10.2. The Morgan fingerprint density at radius 3 is 2.54 bits per heavy atom. The Labute approximate surface area is 148 Å². The second kappa shape index (κ2) is 7.97. The third-order valence-electron chi connectivity index (χ3n) is 3.39. The molecule has 0 aliphatic heterocycles. The van der Waals surface area contributed by atoms with Crippen molar-refractivity contribution >= 4 is 21.7 Å². The highest BCUT2D eigenvalue weighted by atomic mass is 32.2. The molecule has 1 heterocycles. The number of carboxylic acids is 1. The van der Waals surface area contributed by atoms with E-state index in [-0.39, 0.29) is 0 Å². The maximum absolute atomic E-state index is 12.4. The van der Waals surface area contributed by atoms with E-state index in [4.69, 9.17) is 4.74 Å². The minimum absolute atomic E-state index is 0.395. The number of hydrogen-bond donors (Lipinski definition) is 3. The van der Waals surface area contributed by atoms with Gasteiger partial charge in [0, 0.05) is 13.3 Å². The van der Waals surface area contributed by atoms with Gasteiger partial charge in [0.05, 0.1) is 12.4 Å². The first kappa shape index (κ1) is 19.4. The van der Waals surface area contributed by atoms with Gasteiger partial charge in [-0.25, -0.2) is 22.6 Å². The number of H-pyrrole nitrogens is 1. The van der Waals surface area contributed by atoms with Crippen LogP contribution in [0.2, 0.25) is 0 Å². The van der Waals surface area contributed by atoms with Gasteiger partial charge in [0.2, 0.25) is 10.0 Å². The predicted octanol–water partition coefficient (Wildman–Crippen LogP) is -0.249. The molecule has 3 N–H and O–H groups in total. The summed E-state index contributed by atoms with van der Waals surface area (Å²) in [5.74, 6) is -1.86. The minimum atomic E-state index is -3.96. The van der Waals surface area contributed by atoms with Gasteiger partial charge >= 0.3 is 11.7 Å². The molecule has 10 nitrogen and oxygen atoms in total. The third kappa shape index (κ3) is 4.58. The summed E-state index contributed by atoms with van der Waals surface area (Å²) in [5, 5.41) is 9.19. The molecule has 1 unspecified atom stereocenters. The third-order valence-corrected chi connectivity index (χ3v) is 4.64. The molecule has 0 spiro atoms. The number of hydrogen-bond acceptors (Lipinski definition) is 6. The maximum Gasteiger partial charge on any atom is 0.329 e. The van der Waals surface area contributed by atoms with Crippen molar-refractivity contribution in [1.82, 2.24) is 9.55 Å². The molecule has 1 atom stereocenters. The molecule has 0 aliphatic rings. The number of nitrogens with one attached hydrogen (secondary N) is 2. The normalized spacial score (nSPS) is 12.5. The number of benzene rings is 1. The number of carbonyl (C=O) groups is 1. The van der Waals surface area contributed by atoms with Gasteiger partial charge in [-0.05, 0) is 5.56 Å². The fourth-order valence-corrected chi connectivity index (χ4v) is 3.44. The van der Waals surface area contributed by atoms with Crippen molar-refractivity contribution in [3.05, 3.63) is 62.9 Å². The fraction of sp³-hybridized carbons (Fsp3) is 0.267. The monoisotopic (exact) mass is 383 g/mol. The average molecular weight is 383 g/mol. The molecule has 0 saturated heterocycles. The van der Waals surface area contributed by atoms with Crippen LogP contribution in [0.25, 0.3) is 0 Å². The molecule has 1 aromatic carbocycles.